The molecule has 0 aromatic heterocycles. The zero-order valence-corrected chi connectivity index (χ0v) is 12.1. The van der Waals surface area contributed by atoms with Crippen molar-refractivity contribution >= 4 is 21.7 Å². The van der Waals surface area contributed by atoms with Gasteiger partial charge in [0.2, 0.25) is 5.91 Å². The van der Waals surface area contributed by atoms with Gasteiger partial charge in [-0.1, -0.05) is 19.1 Å². The maximum atomic E-state index is 11.6. The van der Waals surface area contributed by atoms with Crippen molar-refractivity contribution in [3.8, 4) is 0 Å². The van der Waals surface area contributed by atoms with E-state index < -0.39 is 27.8 Å². The fraction of sp³-hybridized carbons (Fsp3) is 0.385. The van der Waals surface area contributed by atoms with Gasteiger partial charge in [-0.05, 0) is 24.6 Å². The van der Waals surface area contributed by atoms with Crippen molar-refractivity contribution in [3.05, 3.63) is 29.8 Å². The van der Waals surface area contributed by atoms with Crippen LogP contribution in [0.1, 0.15) is 19.4 Å². The van der Waals surface area contributed by atoms with Crippen LogP contribution < -0.4 is 5.32 Å². The summed E-state index contributed by atoms with van der Waals surface area (Å²) in [7, 11) is -3.25. The normalized spacial score (nSPS) is 12.7. The maximum absolute atomic E-state index is 11.6. The summed E-state index contributed by atoms with van der Waals surface area (Å²) in [6.45, 7) is 2.93. The number of rotatable bonds is 6. The van der Waals surface area contributed by atoms with Crippen LogP contribution in [0.2, 0.25) is 0 Å². The smallest absolute Gasteiger partial charge is 0.325 e. The molecule has 1 aromatic carbocycles. The summed E-state index contributed by atoms with van der Waals surface area (Å²) >= 11 is 0. The molecule has 0 heterocycles. The van der Waals surface area contributed by atoms with Crippen LogP contribution in [-0.2, 0) is 25.8 Å². The van der Waals surface area contributed by atoms with E-state index in [-0.39, 0.29) is 17.1 Å². The molecule has 1 atom stereocenters. The lowest BCUT2D eigenvalue weighted by Crippen LogP contribution is -2.39. The molecule has 0 saturated carbocycles. The number of sulfone groups is 1. The van der Waals surface area contributed by atoms with Gasteiger partial charge in [-0.2, -0.15) is 0 Å². The Kier molecular flexibility index (Phi) is 5.26. The van der Waals surface area contributed by atoms with Crippen molar-refractivity contribution in [2.24, 2.45) is 0 Å². The summed E-state index contributed by atoms with van der Waals surface area (Å²) in [6.07, 6.45) is 0.00404. The Balaban J connectivity index is 2.71. The van der Waals surface area contributed by atoms with Gasteiger partial charge in [0.05, 0.1) is 17.1 Å². The van der Waals surface area contributed by atoms with Crippen LogP contribution in [0, 0.1) is 0 Å². The average molecular weight is 299 g/mol. The Bertz CT molecular complexity index is 592. The number of carboxylic acids is 1. The zero-order chi connectivity index (χ0) is 15.3. The molecular formula is C13H17NO5S. The molecule has 0 fully saturated rings. The predicted octanol–water partition coefficient (Wildman–Crippen LogP) is 0.612. The van der Waals surface area contributed by atoms with Crippen molar-refractivity contribution in [1.29, 1.82) is 0 Å². The first kappa shape index (κ1) is 16.2. The van der Waals surface area contributed by atoms with Crippen molar-refractivity contribution in [2.45, 2.75) is 31.2 Å². The van der Waals surface area contributed by atoms with E-state index in [9.17, 15) is 18.0 Å². The summed E-state index contributed by atoms with van der Waals surface area (Å²) < 4.78 is 23.2. The topological polar surface area (TPSA) is 101 Å². The maximum Gasteiger partial charge on any atom is 0.325 e. The second kappa shape index (κ2) is 6.51. The fourth-order valence-electron chi connectivity index (χ4n) is 1.52. The van der Waals surface area contributed by atoms with E-state index in [2.05, 4.69) is 5.32 Å². The lowest BCUT2D eigenvalue weighted by Gasteiger charge is -2.09. The quantitative estimate of drug-likeness (QED) is 0.801. The van der Waals surface area contributed by atoms with Crippen LogP contribution in [0.15, 0.2) is 29.2 Å². The minimum atomic E-state index is -3.25. The van der Waals surface area contributed by atoms with E-state index in [4.69, 9.17) is 5.11 Å². The number of carboxylic acid groups (broad SMARTS) is 1. The monoisotopic (exact) mass is 299 g/mol. The van der Waals surface area contributed by atoms with Gasteiger partial charge in [0, 0.05) is 0 Å². The Hall–Kier alpha value is -1.89. The van der Waals surface area contributed by atoms with Crippen LogP contribution >= 0.6 is 0 Å². The molecule has 0 radical (unpaired) electrons. The summed E-state index contributed by atoms with van der Waals surface area (Å²) in [5, 5.41) is 11.0. The van der Waals surface area contributed by atoms with Crippen LogP contribution in [0.5, 0.6) is 0 Å². The molecule has 110 valence electrons. The van der Waals surface area contributed by atoms with Crippen LogP contribution in [-0.4, -0.2) is 37.2 Å². The molecule has 0 spiro atoms. The highest BCUT2D eigenvalue weighted by Gasteiger charge is 2.15. The number of hydrogen-bond acceptors (Lipinski definition) is 4. The average Bonchev–Trinajstić information content (AvgIpc) is 2.39. The third kappa shape index (κ3) is 4.34. The highest BCUT2D eigenvalue weighted by Crippen LogP contribution is 2.12. The van der Waals surface area contributed by atoms with Gasteiger partial charge in [0.1, 0.15) is 6.04 Å². The first-order valence-corrected chi connectivity index (χ1v) is 7.75. The molecule has 1 unspecified atom stereocenters. The molecular weight excluding hydrogens is 282 g/mol. The number of hydrogen-bond donors (Lipinski definition) is 2. The van der Waals surface area contributed by atoms with E-state index in [1.165, 1.54) is 19.1 Å². The minimum absolute atomic E-state index is 0.00404. The number of nitrogens with one attached hydrogen (secondary N) is 1. The number of aliphatic carboxylic acids is 1. The van der Waals surface area contributed by atoms with Crippen molar-refractivity contribution < 1.29 is 23.1 Å². The SMILES string of the molecule is CCS(=O)(=O)c1ccc(CC(=O)NC(C)C(=O)O)cc1. The minimum Gasteiger partial charge on any atom is -0.480 e. The van der Waals surface area contributed by atoms with Gasteiger partial charge in [-0.3, -0.25) is 9.59 Å². The first-order chi connectivity index (χ1) is 9.26. The molecule has 7 heteroatoms. The molecule has 2 N–H and O–H groups in total. The number of amides is 1. The van der Waals surface area contributed by atoms with Gasteiger partial charge >= 0.3 is 5.97 Å². The number of carbonyl (C=O) groups is 2. The zero-order valence-electron chi connectivity index (χ0n) is 11.3. The van der Waals surface area contributed by atoms with Gasteiger partial charge in [0.15, 0.2) is 9.84 Å². The summed E-state index contributed by atoms with van der Waals surface area (Å²) in [5.74, 6) is -1.52. The van der Waals surface area contributed by atoms with Crippen molar-refractivity contribution in [3.63, 3.8) is 0 Å². The lowest BCUT2D eigenvalue weighted by molar-refractivity contribution is -0.141. The summed E-state index contributed by atoms with van der Waals surface area (Å²) in [4.78, 5) is 22.4. The highest BCUT2D eigenvalue weighted by molar-refractivity contribution is 7.91. The van der Waals surface area contributed by atoms with Crippen LogP contribution in [0.4, 0.5) is 0 Å². The molecule has 6 nitrogen and oxygen atoms in total. The number of benzene rings is 1. The van der Waals surface area contributed by atoms with Gasteiger partial charge in [-0.15, -0.1) is 0 Å². The second-order valence-corrected chi connectivity index (χ2v) is 6.63. The lowest BCUT2D eigenvalue weighted by atomic mass is 10.1. The van der Waals surface area contributed by atoms with Crippen molar-refractivity contribution in [2.75, 3.05) is 5.75 Å². The fourth-order valence-corrected chi connectivity index (χ4v) is 2.41. The Morgan fingerprint density at radius 1 is 1.25 bits per heavy atom. The second-order valence-electron chi connectivity index (χ2n) is 4.35. The molecule has 1 aromatic rings. The molecule has 0 aliphatic heterocycles. The molecule has 20 heavy (non-hydrogen) atoms. The third-order valence-electron chi connectivity index (χ3n) is 2.78. The third-order valence-corrected chi connectivity index (χ3v) is 4.53. The van der Waals surface area contributed by atoms with E-state index in [1.54, 1.807) is 19.1 Å². The Morgan fingerprint density at radius 2 is 1.80 bits per heavy atom. The van der Waals surface area contributed by atoms with E-state index >= 15 is 0 Å². The first-order valence-electron chi connectivity index (χ1n) is 6.10. The van der Waals surface area contributed by atoms with E-state index in [0.29, 0.717) is 5.56 Å². The summed E-state index contributed by atoms with van der Waals surface area (Å²) in [6, 6.07) is 5.04. The molecule has 0 bridgehead atoms. The predicted molar refractivity (Wildman–Crippen MR) is 73.1 cm³/mol. The summed E-state index contributed by atoms with van der Waals surface area (Å²) in [5.41, 5.74) is 0.621. The van der Waals surface area contributed by atoms with Crippen LogP contribution in [0.25, 0.3) is 0 Å². The van der Waals surface area contributed by atoms with Gasteiger partial charge < -0.3 is 10.4 Å². The van der Waals surface area contributed by atoms with E-state index in [0.717, 1.165) is 0 Å². The molecule has 1 amide bonds. The largest absolute Gasteiger partial charge is 0.480 e. The van der Waals surface area contributed by atoms with E-state index in [1.807, 2.05) is 0 Å². The Morgan fingerprint density at radius 3 is 2.25 bits per heavy atom. The number of carbonyl (C=O) groups excluding carboxylic acids is 1. The molecule has 1 rings (SSSR count). The highest BCUT2D eigenvalue weighted by atomic mass is 32.2. The molecule has 0 aliphatic rings. The van der Waals surface area contributed by atoms with Crippen LogP contribution in [0.3, 0.4) is 0 Å². The molecule has 0 saturated heterocycles. The Labute approximate surface area is 117 Å². The molecule has 0 aliphatic carbocycles. The van der Waals surface area contributed by atoms with Gasteiger partial charge in [-0.25, -0.2) is 8.42 Å². The van der Waals surface area contributed by atoms with Gasteiger partial charge in [0.25, 0.3) is 0 Å². The van der Waals surface area contributed by atoms with Crippen molar-refractivity contribution in [1.82, 2.24) is 5.32 Å². The standard InChI is InChI=1S/C13H17NO5S/c1-3-20(18,19)11-6-4-10(5-7-11)8-12(15)14-9(2)13(16)17/h4-7,9H,3,8H2,1-2H3,(H,14,15)(H,16,17).